The highest BCUT2D eigenvalue weighted by Crippen LogP contribution is 2.14. The SMILES string of the molecule is CC(=Nc1ccc(F)cc1)c1ccccc1.CC(=O)c1ccccc1.Nc1ccc(F)cc1. The first-order valence-electron chi connectivity index (χ1n) is 10.3. The fraction of sp³-hybridized carbons (Fsp3) is 0.0714. The lowest BCUT2D eigenvalue weighted by atomic mass is 10.1. The normalized spacial score (nSPS) is 10.2. The first-order valence-corrected chi connectivity index (χ1v) is 10.3. The number of hydrogen-bond donors (Lipinski definition) is 1. The van der Waals surface area contributed by atoms with Crippen LogP contribution in [-0.2, 0) is 0 Å². The molecule has 0 fully saturated rings. The number of Topliss-reactive ketones (excluding diaryl/α,β-unsaturated/α-hetero) is 1. The maximum atomic E-state index is 12.7. The third-order valence-electron chi connectivity index (χ3n) is 4.37. The Morgan fingerprint density at radius 2 is 1.06 bits per heavy atom. The molecular weight excluding hydrogens is 418 g/mol. The maximum Gasteiger partial charge on any atom is 0.159 e. The van der Waals surface area contributed by atoms with Crippen LogP contribution >= 0.6 is 0 Å². The van der Waals surface area contributed by atoms with Crippen molar-refractivity contribution < 1.29 is 13.6 Å². The second-order valence-corrected chi connectivity index (χ2v) is 7.01. The van der Waals surface area contributed by atoms with E-state index in [4.69, 9.17) is 5.73 Å². The summed E-state index contributed by atoms with van der Waals surface area (Å²) in [6, 6.07) is 31.0. The van der Waals surface area contributed by atoms with Gasteiger partial charge in [0.2, 0.25) is 0 Å². The smallest absolute Gasteiger partial charge is 0.159 e. The molecule has 0 atom stereocenters. The highest BCUT2D eigenvalue weighted by molar-refractivity contribution is 6.00. The summed E-state index contributed by atoms with van der Waals surface area (Å²) in [7, 11) is 0. The Hall–Kier alpha value is -4.12. The predicted molar refractivity (Wildman–Crippen MR) is 132 cm³/mol. The van der Waals surface area contributed by atoms with Crippen LogP contribution in [0.5, 0.6) is 0 Å². The van der Waals surface area contributed by atoms with Crippen molar-refractivity contribution in [2.24, 2.45) is 4.99 Å². The van der Waals surface area contributed by atoms with Gasteiger partial charge in [-0.25, -0.2) is 8.78 Å². The van der Waals surface area contributed by atoms with Crippen LogP contribution in [0.25, 0.3) is 0 Å². The van der Waals surface area contributed by atoms with Crippen molar-refractivity contribution >= 4 is 22.9 Å². The number of ketones is 1. The number of carbonyl (C=O) groups is 1. The molecule has 4 aromatic rings. The maximum absolute atomic E-state index is 12.7. The van der Waals surface area contributed by atoms with Gasteiger partial charge in [-0.15, -0.1) is 0 Å². The van der Waals surface area contributed by atoms with Crippen LogP contribution in [0.1, 0.15) is 29.8 Å². The molecule has 0 aliphatic rings. The first-order chi connectivity index (χ1) is 15.8. The predicted octanol–water partition coefficient (Wildman–Crippen LogP) is 7.26. The van der Waals surface area contributed by atoms with Gasteiger partial charge in [-0.3, -0.25) is 9.79 Å². The second-order valence-electron chi connectivity index (χ2n) is 7.01. The van der Waals surface area contributed by atoms with E-state index in [1.165, 1.54) is 36.4 Å². The fourth-order valence-corrected chi connectivity index (χ4v) is 2.59. The number of anilines is 1. The zero-order valence-corrected chi connectivity index (χ0v) is 18.6. The number of aliphatic imine (C=N–C) groups is 1. The third-order valence-corrected chi connectivity index (χ3v) is 4.37. The molecule has 5 heteroatoms. The topological polar surface area (TPSA) is 55.5 Å². The summed E-state index contributed by atoms with van der Waals surface area (Å²) in [6.07, 6.45) is 0. The van der Waals surface area contributed by atoms with Crippen molar-refractivity contribution in [2.75, 3.05) is 5.73 Å². The summed E-state index contributed by atoms with van der Waals surface area (Å²) in [5, 5.41) is 0. The molecule has 0 aliphatic carbocycles. The Balaban J connectivity index is 0.000000192. The number of carbonyl (C=O) groups excluding carboxylic acids is 1. The Morgan fingerprint density at radius 3 is 1.45 bits per heavy atom. The molecule has 0 saturated carbocycles. The fourth-order valence-electron chi connectivity index (χ4n) is 2.59. The minimum absolute atomic E-state index is 0.121. The average Bonchev–Trinajstić information content (AvgIpc) is 2.84. The molecule has 168 valence electrons. The molecule has 0 unspecified atom stereocenters. The molecule has 0 saturated heterocycles. The summed E-state index contributed by atoms with van der Waals surface area (Å²) >= 11 is 0. The molecule has 3 nitrogen and oxygen atoms in total. The van der Waals surface area contributed by atoms with Crippen molar-refractivity contribution in [3.8, 4) is 0 Å². The van der Waals surface area contributed by atoms with Crippen LogP contribution in [0.4, 0.5) is 20.2 Å². The van der Waals surface area contributed by atoms with E-state index < -0.39 is 0 Å². The zero-order chi connectivity index (χ0) is 24.1. The van der Waals surface area contributed by atoms with Crippen molar-refractivity contribution in [3.05, 3.63) is 132 Å². The van der Waals surface area contributed by atoms with Gasteiger partial charge in [0.1, 0.15) is 11.6 Å². The van der Waals surface area contributed by atoms with Crippen molar-refractivity contribution in [2.45, 2.75) is 13.8 Å². The van der Waals surface area contributed by atoms with Crippen molar-refractivity contribution in [3.63, 3.8) is 0 Å². The van der Waals surface area contributed by atoms with Crippen LogP contribution in [0.15, 0.2) is 114 Å². The van der Waals surface area contributed by atoms with Gasteiger partial charge in [0, 0.05) is 17.0 Å². The number of nitrogens with two attached hydrogens (primary N) is 1. The van der Waals surface area contributed by atoms with E-state index >= 15 is 0 Å². The van der Waals surface area contributed by atoms with Gasteiger partial charge in [0.05, 0.1) is 5.69 Å². The van der Waals surface area contributed by atoms with Gasteiger partial charge in [-0.05, 0) is 67.9 Å². The summed E-state index contributed by atoms with van der Waals surface area (Å²) in [4.78, 5) is 15.1. The monoisotopic (exact) mass is 444 g/mol. The molecule has 0 bridgehead atoms. The lowest BCUT2D eigenvalue weighted by molar-refractivity contribution is 0.101. The molecule has 0 spiro atoms. The Bertz CT molecular complexity index is 1120. The Labute approximate surface area is 193 Å². The van der Waals surface area contributed by atoms with Gasteiger partial charge in [0.25, 0.3) is 0 Å². The lowest BCUT2D eigenvalue weighted by Gasteiger charge is -2.00. The summed E-state index contributed by atoms with van der Waals surface area (Å²) < 4.78 is 24.7. The van der Waals surface area contributed by atoms with E-state index in [9.17, 15) is 13.6 Å². The minimum atomic E-state index is -0.251. The van der Waals surface area contributed by atoms with E-state index in [1.807, 2.05) is 67.6 Å². The van der Waals surface area contributed by atoms with Crippen LogP contribution in [0.2, 0.25) is 0 Å². The Kier molecular flexibility index (Phi) is 10.2. The van der Waals surface area contributed by atoms with Crippen LogP contribution in [0, 0.1) is 11.6 Å². The minimum Gasteiger partial charge on any atom is -0.399 e. The molecular formula is C28H26F2N2O. The van der Waals surface area contributed by atoms with Crippen LogP contribution in [0.3, 0.4) is 0 Å². The zero-order valence-electron chi connectivity index (χ0n) is 18.6. The van der Waals surface area contributed by atoms with E-state index in [-0.39, 0.29) is 17.4 Å². The largest absolute Gasteiger partial charge is 0.399 e. The highest BCUT2D eigenvalue weighted by atomic mass is 19.1. The van der Waals surface area contributed by atoms with Crippen LogP contribution in [-0.4, -0.2) is 11.5 Å². The first kappa shape index (κ1) is 25.1. The molecule has 4 aromatic carbocycles. The molecule has 0 aliphatic heterocycles. The number of nitrogens with zero attached hydrogens (tertiary/aromatic N) is 1. The number of benzene rings is 4. The number of hydrogen-bond acceptors (Lipinski definition) is 3. The van der Waals surface area contributed by atoms with Gasteiger partial charge in [-0.2, -0.15) is 0 Å². The molecule has 0 amide bonds. The van der Waals surface area contributed by atoms with E-state index in [1.54, 1.807) is 19.1 Å². The standard InChI is InChI=1S/C14H12FN.C8H8O.C6H6FN/c1-11(12-5-3-2-4-6-12)16-14-9-7-13(15)8-10-14;1-7(9)8-5-3-2-4-6-8;7-5-1-3-6(8)4-2-5/h2-10H,1H3;2-6H,1H3;1-4H,8H2. The van der Waals surface area contributed by atoms with E-state index in [2.05, 4.69) is 4.99 Å². The quantitative estimate of drug-likeness (QED) is 0.205. The molecule has 0 radical (unpaired) electrons. The van der Waals surface area contributed by atoms with Gasteiger partial charge in [0.15, 0.2) is 5.78 Å². The van der Waals surface area contributed by atoms with E-state index in [0.717, 1.165) is 22.5 Å². The molecule has 2 N–H and O–H groups in total. The average molecular weight is 445 g/mol. The van der Waals surface area contributed by atoms with Gasteiger partial charge in [-0.1, -0.05) is 60.7 Å². The number of halogens is 2. The third kappa shape index (κ3) is 9.70. The van der Waals surface area contributed by atoms with Gasteiger partial charge >= 0.3 is 0 Å². The van der Waals surface area contributed by atoms with E-state index in [0.29, 0.717) is 5.69 Å². The molecule has 0 heterocycles. The number of rotatable bonds is 3. The summed E-state index contributed by atoms with van der Waals surface area (Å²) in [5.41, 5.74) is 9.39. The Morgan fingerprint density at radius 1 is 0.636 bits per heavy atom. The summed E-state index contributed by atoms with van der Waals surface area (Å²) in [5.74, 6) is -0.369. The summed E-state index contributed by atoms with van der Waals surface area (Å²) in [6.45, 7) is 3.51. The molecule has 33 heavy (non-hydrogen) atoms. The second kappa shape index (κ2) is 13.3. The van der Waals surface area contributed by atoms with Crippen LogP contribution < -0.4 is 5.73 Å². The van der Waals surface area contributed by atoms with Crippen molar-refractivity contribution in [1.29, 1.82) is 0 Å². The molecule has 0 aromatic heterocycles. The highest BCUT2D eigenvalue weighted by Gasteiger charge is 1.97. The van der Waals surface area contributed by atoms with Crippen molar-refractivity contribution in [1.82, 2.24) is 0 Å². The lowest BCUT2D eigenvalue weighted by Crippen LogP contribution is -1.92. The van der Waals surface area contributed by atoms with Gasteiger partial charge < -0.3 is 5.73 Å². The number of nitrogen functional groups attached to an aromatic ring is 1. The molecule has 4 rings (SSSR count).